The Bertz CT molecular complexity index is 581. The molecule has 0 spiro atoms. The van der Waals surface area contributed by atoms with Crippen molar-refractivity contribution < 1.29 is 14.3 Å². The van der Waals surface area contributed by atoms with Crippen molar-refractivity contribution in [1.29, 1.82) is 0 Å². The molecule has 0 saturated heterocycles. The van der Waals surface area contributed by atoms with Crippen molar-refractivity contribution >= 4 is 11.8 Å². The second-order valence-corrected chi connectivity index (χ2v) is 6.07. The van der Waals surface area contributed by atoms with Crippen molar-refractivity contribution in [2.45, 2.75) is 45.2 Å². The zero-order valence-corrected chi connectivity index (χ0v) is 12.9. The van der Waals surface area contributed by atoms with E-state index >= 15 is 0 Å². The zero-order valence-electron chi connectivity index (χ0n) is 12.9. The minimum absolute atomic E-state index is 0.0608. The summed E-state index contributed by atoms with van der Waals surface area (Å²) in [6.45, 7) is 3.29. The molecule has 2 amide bonds. The molecular formula is C17H22N2O3. The summed E-state index contributed by atoms with van der Waals surface area (Å²) in [4.78, 5) is 25.1. The molecule has 22 heavy (non-hydrogen) atoms. The van der Waals surface area contributed by atoms with Gasteiger partial charge in [-0.05, 0) is 30.9 Å². The molecule has 0 atom stereocenters. The average Bonchev–Trinajstić information content (AvgIpc) is 3.30. The Kier molecular flexibility index (Phi) is 4.32. The molecule has 5 nitrogen and oxygen atoms in total. The van der Waals surface area contributed by atoms with Gasteiger partial charge in [-0.25, -0.2) is 0 Å². The van der Waals surface area contributed by atoms with Crippen LogP contribution in [0.5, 0.6) is 5.75 Å². The first kappa shape index (κ1) is 14.9. The Hall–Kier alpha value is -2.04. The van der Waals surface area contributed by atoms with Crippen LogP contribution in [-0.4, -0.2) is 35.9 Å². The van der Waals surface area contributed by atoms with E-state index < -0.39 is 0 Å². The van der Waals surface area contributed by atoms with E-state index in [1.807, 2.05) is 12.1 Å². The van der Waals surface area contributed by atoms with E-state index in [4.69, 9.17) is 4.74 Å². The van der Waals surface area contributed by atoms with E-state index in [-0.39, 0.29) is 11.8 Å². The molecule has 1 fully saturated rings. The lowest BCUT2D eigenvalue weighted by atomic mass is 10.0. The minimum Gasteiger partial charge on any atom is -0.491 e. The van der Waals surface area contributed by atoms with Gasteiger partial charge in [0.2, 0.25) is 11.8 Å². The summed E-state index contributed by atoms with van der Waals surface area (Å²) in [5, 5.41) is 3.00. The van der Waals surface area contributed by atoms with E-state index in [9.17, 15) is 9.59 Å². The number of rotatable bonds is 4. The number of carbonyl (C=O) groups is 2. The van der Waals surface area contributed by atoms with Gasteiger partial charge in [-0.2, -0.15) is 0 Å². The number of benzene rings is 1. The Morgan fingerprint density at radius 1 is 1.36 bits per heavy atom. The molecule has 0 bridgehead atoms. The van der Waals surface area contributed by atoms with Gasteiger partial charge >= 0.3 is 0 Å². The van der Waals surface area contributed by atoms with Crippen LogP contribution in [0.1, 0.15) is 37.3 Å². The maximum Gasteiger partial charge on any atom is 0.220 e. The largest absolute Gasteiger partial charge is 0.491 e. The third-order valence-corrected chi connectivity index (χ3v) is 4.13. The molecule has 1 aliphatic carbocycles. The number of nitrogens with zero attached hydrogens (tertiary/aromatic N) is 1. The molecular weight excluding hydrogens is 280 g/mol. The first-order valence-corrected chi connectivity index (χ1v) is 7.91. The van der Waals surface area contributed by atoms with Crippen LogP contribution >= 0.6 is 0 Å². The quantitative estimate of drug-likeness (QED) is 0.920. The summed E-state index contributed by atoms with van der Waals surface area (Å²) < 4.78 is 5.70. The van der Waals surface area contributed by atoms with Crippen molar-refractivity contribution in [3.05, 3.63) is 29.3 Å². The molecule has 3 rings (SSSR count). The lowest BCUT2D eigenvalue weighted by molar-refractivity contribution is -0.129. The minimum atomic E-state index is 0.0608. The van der Waals surface area contributed by atoms with E-state index in [0.717, 1.165) is 29.7 Å². The maximum absolute atomic E-state index is 11.8. The van der Waals surface area contributed by atoms with Crippen LogP contribution in [-0.2, 0) is 22.6 Å². The first-order valence-electron chi connectivity index (χ1n) is 7.91. The Balaban J connectivity index is 1.63. The summed E-state index contributed by atoms with van der Waals surface area (Å²) in [5.74, 6) is 1.03. The topological polar surface area (TPSA) is 58.6 Å². The Morgan fingerprint density at radius 2 is 2.18 bits per heavy atom. The van der Waals surface area contributed by atoms with Crippen LogP contribution in [0.4, 0.5) is 0 Å². The molecule has 1 saturated carbocycles. The number of amides is 2. The van der Waals surface area contributed by atoms with Crippen molar-refractivity contribution in [3.8, 4) is 5.75 Å². The SMILES string of the molecule is CC(=O)N1CCOc2ccc(CCC(=O)NC3CC3)cc2C1. The van der Waals surface area contributed by atoms with Gasteiger partial charge in [-0.3, -0.25) is 9.59 Å². The van der Waals surface area contributed by atoms with Gasteiger partial charge in [0, 0.05) is 31.5 Å². The highest BCUT2D eigenvalue weighted by molar-refractivity contribution is 5.76. The highest BCUT2D eigenvalue weighted by atomic mass is 16.5. The van der Waals surface area contributed by atoms with E-state index in [1.165, 1.54) is 0 Å². The Labute approximate surface area is 130 Å². The van der Waals surface area contributed by atoms with Gasteiger partial charge < -0.3 is 15.0 Å². The number of hydrogen-bond donors (Lipinski definition) is 1. The molecule has 5 heteroatoms. The third-order valence-electron chi connectivity index (χ3n) is 4.13. The predicted molar refractivity (Wildman–Crippen MR) is 82.5 cm³/mol. The van der Waals surface area contributed by atoms with Crippen LogP contribution in [0.2, 0.25) is 0 Å². The molecule has 1 aromatic rings. The monoisotopic (exact) mass is 302 g/mol. The lowest BCUT2D eigenvalue weighted by Crippen LogP contribution is -2.30. The van der Waals surface area contributed by atoms with Crippen molar-refractivity contribution in [1.82, 2.24) is 10.2 Å². The van der Waals surface area contributed by atoms with Gasteiger partial charge in [0.15, 0.2) is 0 Å². The van der Waals surface area contributed by atoms with E-state index in [2.05, 4.69) is 11.4 Å². The van der Waals surface area contributed by atoms with Crippen molar-refractivity contribution in [2.75, 3.05) is 13.2 Å². The van der Waals surface area contributed by atoms with Crippen LogP contribution in [0.25, 0.3) is 0 Å². The van der Waals surface area contributed by atoms with Crippen LogP contribution in [0.15, 0.2) is 18.2 Å². The first-order chi connectivity index (χ1) is 10.6. The average molecular weight is 302 g/mol. The maximum atomic E-state index is 11.8. The fourth-order valence-corrected chi connectivity index (χ4v) is 2.66. The van der Waals surface area contributed by atoms with Gasteiger partial charge in [0.1, 0.15) is 12.4 Å². The summed E-state index contributed by atoms with van der Waals surface area (Å²) in [6, 6.07) is 6.43. The predicted octanol–water partition coefficient (Wildman–Crippen LogP) is 1.64. The van der Waals surface area contributed by atoms with Crippen molar-refractivity contribution in [3.63, 3.8) is 0 Å². The molecule has 1 aromatic carbocycles. The lowest BCUT2D eigenvalue weighted by Gasteiger charge is -2.17. The fraction of sp³-hybridized carbons (Fsp3) is 0.529. The smallest absolute Gasteiger partial charge is 0.220 e. The summed E-state index contributed by atoms with van der Waals surface area (Å²) in [6.07, 6.45) is 3.45. The molecule has 2 aliphatic rings. The highest BCUT2D eigenvalue weighted by Gasteiger charge is 2.23. The highest BCUT2D eigenvalue weighted by Crippen LogP contribution is 2.25. The van der Waals surface area contributed by atoms with E-state index in [0.29, 0.717) is 38.6 Å². The number of hydrogen-bond acceptors (Lipinski definition) is 3. The van der Waals surface area contributed by atoms with Gasteiger partial charge in [-0.15, -0.1) is 0 Å². The van der Waals surface area contributed by atoms with Crippen LogP contribution in [0, 0.1) is 0 Å². The number of nitrogens with one attached hydrogen (secondary N) is 1. The molecule has 1 N–H and O–H groups in total. The summed E-state index contributed by atoms with van der Waals surface area (Å²) in [5.41, 5.74) is 2.13. The molecule has 118 valence electrons. The second kappa shape index (κ2) is 6.38. The summed E-state index contributed by atoms with van der Waals surface area (Å²) in [7, 11) is 0. The molecule has 1 aliphatic heterocycles. The molecule has 0 radical (unpaired) electrons. The standard InChI is InChI=1S/C17H22N2O3/c1-12(20)19-8-9-22-16-6-2-13(10-14(16)11-19)3-7-17(21)18-15-4-5-15/h2,6,10,15H,3-5,7-9,11H2,1H3,(H,18,21). The Morgan fingerprint density at radius 3 is 2.91 bits per heavy atom. The van der Waals surface area contributed by atoms with Gasteiger partial charge in [-0.1, -0.05) is 12.1 Å². The number of fused-ring (bicyclic) bond motifs is 1. The fourth-order valence-electron chi connectivity index (χ4n) is 2.66. The molecule has 1 heterocycles. The summed E-state index contributed by atoms with van der Waals surface area (Å²) >= 11 is 0. The normalized spacial score (nSPS) is 17.2. The van der Waals surface area contributed by atoms with Crippen LogP contribution < -0.4 is 10.1 Å². The number of aryl methyl sites for hydroxylation is 1. The third kappa shape index (κ3) is 3.78. The van der Waals surface area contributed by atoms with Crippen LogP contribution in [0.3, 0.4) is 0 Å². The molecule has 0 unspecified atom stereocenters. The number of carbonyl (C=O) groups excluding carboxylic acids is 2. The zero-order chi connectivity index (χ0) is 15.5. The molecule has 0 aromatic heterocycles. The number of ether oxygens (including phenoxy) is 1. The van der Waals surface area contributed by atoms with Crippen molar-refractivity contribution in [2.24, 2.45) is 0 Å². The van der Waals surface area contributed by atoms with Gasteiger partial charge in [0.25, 0.3) is 0 Å². The van der Waals surface area contributed by atoms with Gasteiger partial charge in [0.05, 0.1) is 6.54 Å². The van der Waals surface area contributed by atoms with E-state index in [1.54, 1.807) is 11.8 Å². The second-order valence-electron chi connectivity index (χ2n) is 6.07.